The van der Waals surface area contributed by atoms with Gasteiger partial charge in [0.05, 0.1) is 11.3 Å². The van der Waals surface area contributed by atoms with Crippen molar-refractivity contribution in [1.82, 2.24) is 10.3 Å². The van der Waals surface area contributed by atoms with Crippen molar-refractivity contribution >= 4 is 5.91 Å². The van der Waals surface area contributed by atoms with Crippen LogP contribution in [0.1, 0.15) is 54.5 Å². The lowest BCUT2D eigenvalue weighted by Crippen LogP contribution is -2.37. The summed E-state index contributed by atoms with van der Waals surface area (Å²) in [5.41, 5.74) is 3.65. The fourth-order valence-electron chi connectivity index (χ4n) is 3.05. The minimum atomic E-state index is -0.0497. The Hall–Kier alpha value is -2.16. The van der Waals surface area contributed by atoms with E-state index in [0.717, 1.165) is 17.8 Å². The Bertz CT molecular complexity index is 677. The monoisotopic (exact) mass is 310 g/mol. The van der Waals surface area contributed by atoms with E-state index in [-0.39, 0.29) is 17.4 Å². The predicted octanol–water partition coefficient (Wildman–Crippen LogP) is 4.18. The van der Waals surface area contributed by atoms with Crippen LogP contribution in [0.2, 0.25) is 0 Å². The Labute approximate surface area is 139 Å². The van der Waals surface area contributed by atoms with Crippen LogP contribution >= 0.6 is 0 Å². The van der Waals surface area contributed by atoms with Gasteiger partial charge in [-0.15, -0.1) is 0 Å². The van der Waals surface area contributed by atoms with E-state index >= 15 is 0 Å². The molecule has 3 heteroatoms. The smallest absolute Gasteiger partial charge is 0.253 e. The van der Waals surface area contributed by atoms with Gasteiger partial charge in [0.25, 0.3) is 5.91 Å². The Morgan fingerprint density at radius 1 is 1.13 bits per heavy atom. The standard InChI is InChI=1S/C20H26N2O/c1-14-11-12-18(16(3)21-14)19(23)22-15(2)13-20(4,5)17-9-7-6-8-10-17/h6-12,15H,13H2,1-5H3,(H,22,23). The largest absolute Gasteiger partial charge is 0.349 e. The first-order chi connectivity index (χ1) is 10.8. The molecule has 122 valence electrons. The van der Waals surface area contributed by atoms with Gasteiger partial charge in [-0.2, -0.15) is 0 Å². The van der Waals surface area contributed by atoms with Crippen molar-refractivity contribution in [2.24, 2.45) is 0 Å². The SMILES string of the molecule is Cc1ccc(C(=O)NC(C)CC(C)(C)c2ccccc2)c(C)n1. The van der Waals surface area contributed by atoms with Gasteiger partial charge in [0.15, 0.2) is 0 Å². The third-order valence-electron chi connectivity index (χ3n) is 4.22. The number of aryl methyl sites for hydroxylation is 2. The highest BCUT2D eigenvalue weighted by atomic mass is 16.1. The molecule has 2 aromatic rings. The lowest BCUT2D eigenvalue weighted by molar-refractivity contribution is 0.0933. The van der Waals surface area contributed by atoms with E-state index < -0.39 is 0 Å². The summed E-state index contributed by atoms with van der Waals surface area (Å²) < 4.78 is 0. The van der Waals surface area contributed by atoms with E-state index in [4.69, 9.17) is 0 Å². The molecule has 0 aliphatic rings. The van der Waals surface area contributed by atoms with Crippen LogP contribution in [0.5, 0.6) is 0 Å². The zero-order valence-corrected chi connectivity index (χ0v) is 14.7. The normalized spacial score (nSPS) is 12.7. The van der Waals surface area contributed by atoms with Crippen LogP contribution in [0.4, 0.5) is 0 Å². The summed E-state index contributed by atoms with van der Waals surface area (Å²) in [7, 11) is 0. The van der Waals surface area contributed by atoms with Crippen molar-refractivity contribution < 1.29 is 4.79 Å². The maximum absolute atomic E-state index is 12.5. The van der Waals surface area contributed by atoms with Gasteiger partial charge >= 0.3 is 0 Å². The molecule has 0 saturated carbocycles. The second-order valence-electron chi connectivity index (χ2n) is 6.91. The summed E-state index contributed by atoms with van der Waals surface area (Å²) in [5, 5.41) is 3.10. The number of aromatic nitrogens is 1. The minimum absolute atomic E-state index is 0.00846. The van der Waals surface area contributed by atoms with E-state index in [9.17, 15) is 4.79 Å². The van der Waals surface area contributed by atoms with E-state index in [1.165, 1.54) is 5.56 Å². The second-order valence-corrected chi connectivity index (χ2v) is 6.91. The number of carbonyl (C=O) groups excluding carboxylic acids is 1. The molecule has 0 fully saturated rings. The van der Waals surface area contributed by atoms with Gasteiger partial charge in [-0.05, 0) is 50.3 Å². The first-order valence-electron chi connectivity index (χ1n) is 8.10. The van der Waals surface area contributed by atoms with Gasteiger partial charge in [0.2, 0.25) is 0 Å². The lowest BCUT2D eigenvalue weighted by Gasteiger charge is -2.29. The topological polar surface area (TPSA) is 42.0 Å². The number of carbonyl (C=O) groups is 1. The van der Waals surface area contributed by atoms with Crippen LogP contribution in [0, 0.1) is 13.8 Å². The summed E-state index contributed by atoms with van der Waals surface area (Å²) in [6.45, 7) is 10.3. The van der Waals surface area contributed by atoms with Crippen LogP contribution in [0.15, 0.2) is 42.5 Å². The molecule has 1 N–H and O–H groups in total. The number of amides is 1. The summed E-state index contributed by atoms with van der Waals surface area (Å²) in [5.74, 6) is -0.0497. The van der Waals surface area contributed by atoms with Gasteiger partial charge < -0.3 is 5.32 Å². The summed E-state index contributed by atoms with van der Waals surface area (Å²) in [6, 6.07) is 14.2. The molecule has 23 heavy (non-hydrogen) atoms. The molecule has 0 radical (unpaired) electrons. The van der Waals surface area contributed by atoms with Crippen LogP contribution in [0.25, 0.3) is 0 Å². The Morgan fingerprint density at radius 2 is 1.78 bits per heavy atom. The second kappa shape index (κ2) is 6.95. The molecule has 0 saturated heterocycles. The molecule has 0 aliphatic heterocycles. The van der Waals surface area contributed by atoms with Crippen molar-refractivity contribution in [2.45, 2.75) is 52.5 Å². The summed E-state index contributed by atoms with van der Waals surface area (Å²) in [6.07, 6.45) is 0.876. The zero-order valence-electron chi connectivity index (χ0n) is 14.7. The highest BCUT2D eigenvalue weighted by molar-refractivity contribution is 5.95. The highest BCUT2D eigenvalue weighted by Gasteiger charge is 2.24. The molecular weight excluding hydrogens is 284 g/mol. The van der Waals surface area contributed by atoms with Crippen molar-refractivity contribution in [3.63, 3.8) is 0 Å². The van der Waals surface area contributed by atoms with Crippen molar-refractivity contribution in [3.8, 4) is 0 Å². The number of benzene rings is 1. The zero-order chi connectivity index (χ0) is 17.0. The third kappa shape index (κ3) is 4.41. The van der Waals surface area contributed by atoms with Gasteiger partial charge in [-0.3, -0.25) is 9.78 Å². The number of rotatable bonds is 5. The van der Waals surface area contributed by atoms with Crippen molar-refractivity contribution in [2.75, 3.05) is 0 Å². The first kappa shape index (κ1) is 17.2. The van der Waals surface area contributed by atoms with E-state index in [2.05, 4.69) is 55.3 Å². The van der Waals surface area contributed by atoms with Crippen molar-refractivity contribution in [1.29, 1.82) is 0 Å². The Morgan fingerprint density at radius 3 is 2.39 bits per heavy atom. The number of hydrogen-bond donors (Lipinski definition) is 1. The van der Waals surface area contributed by atoms with Gasteiger partial charge in [-0.25, -0.2) is 0 Å². The van der Waals surface area contributed by atoms with Gasteiger partial charge in [0.1, 0.15) is 0 Å². The van der Waals surface area contributed by atoms with Crippen LogP contribution < -0.4 is 5.32 Å². The molecule has 0 bridgehead atoms. The maximum Gasteiger partial charge on any atom is 0.253 e. The first-order valence-corrected chi connectivity index (χ1v) is 8.10. The highest BCUT2D eigenvalue weighted by Crippen LogP contribution is 2.28. The molecule has 0 spiro atoms. The fourth-order valence-corrected chi connectivity index (χ4v) is 3.05. The molecule has 0 aliphatic carbocycles. The molecule has 1 atom stereocenters. The minimum Gasteiger partial charge on any atom is -0.349 e. The molecule has 1 aromatic carbocycles. The molecule has 1 amide bonds. The predicted molar refractivity (Wildman–Crippen MR) is 94.7 cm³/mol. The molecule has 1 unspecified atom stereocenters. The number of nitrogens with zero attached hydrogens (tertiary/aromatic N) is 1. The third-order valence-corrected chi connectivity index (χ3v) is 4.22. The van der Waals surface area contributed by atoms with Crippen LogP contribution in [-0.2, 0) is 5.41 Å². The average Bonchev–Trinajstić information content (AvgIpc) is 2.47. The average molecular weight is 310 g/mol. The lowest BCUT2D eigenvalue weighted by atomic mass is 9.79. The van der Waals surface area contributed by atoms with Crippen LogP contribution in [-0.4, -0.2) is 16.9 Å². The fraction of sp³-hybridized carbons (Fsp3) is 0.400. The number of hydrogen-bond acceptors (Lipinski definition) is 2. The van der Waals surface area contributed by atoms with Gasteiger partial charge in [0, 0.05) is 11.7 Å². The Kier molecular flexibility index (Phi) is 5.19. The quantitative estimate of drug-likeness (QED) is 0.900. The molecular formula is C20H26N2O. The molecule has 3 nitrogen and oxygen atoms in total. The Balaban J connectivity index is 2.04. The number of pyridine rings is 1. The maximum atomic E-state index is 12.5. The van der Waals surface area contributed by atoms with E-state index in [0.29, 0.717) is 5.56 Å². The van der Waals surface area contributed by atoms with E-state index in [1.54, 1.807) is 0 Å². The van der Waals surface area contributed by atoms with E-state index in [1.807, 2.05) is 32.0 Å². The summed E-state index contributed by atoms with van der Waals surface area (Å²) in [4.78, 5) is 16.8. The molecule has 2 rings (SSSR count). The summed E-state index contributed by atoms with van der Waals surface area (Å²) >= 11 is 0. The molecule has 1 heterocycles. The van der Waals surface area contributed by atoms with Crippen molar-refractivity contribution in [3.05, 3.63) is 65.0 Å². The molecule has 1 aromatic heterocycles. The van der Waals surface area contributed by atoms with Crippen LogP contribution in [0.3, 0.4) is 0 Å². The number of nitrogens with one attached hydrogen (secondary N) is 1. The van der Waals surface area contributed by atoms with Gasteiger partial charge in [-0.1, -0.05) is 44.2 Å².